The first kappa shape index (κ1) is 22.2. The van der Waals surface area contributed by atoms with Gasteiger partial charge in [-0.1, -0.05) is 30.3 Å². The van der Waals surface area contributed by atoms with Gasteiger partial charge in [-0.05, 0) is 7.05 Å². The Labute approximate surface area is 181 Å². The molecule has 0 spiro atoms. The lowest BCUT2D eigenvalue weighted by atomic mass is 10.2. The fraction of sp³-hybridized carbons (Fsp3) is 0.381. The number of benzene rings is 1. The molecule has 1 aliphatic heterocycles. The van der Waals surface area contributed by atoms with Crippen LogP contribution in [0.15, 0.2) is 36.4 Å². The molecule has 1 fully saturated rings. The van der Waals surface area contributed by atoms with Gasteiger partial charge in [-0.3, -0.25) is 14.4 Å². The number of hydrogen-bond acceptors (Lipinski definition) is 7. The van der Waals surface area contributed by atoms with Crippen molar-refractivity contribution in [2.75, 3.05) is 56.9 Å². The fourth-order valence-electron chi connectivity index (χ4n) is 3.07. The van der Waals surface area contributed by atoms with Crippen molar-refractivity contribution in [1.29, 1.82) is 0 Å². The molecular formula is C21H27N7O3. The van der Waals surface area contributed by atoms with Crippen molar-refractivity contribution >= 4 is 29.4 Å². The lowest BCUT2D eigenvalue weighted by molar-refractivity contribution is -0.144. The smallest absolute Gasteiger partial charge is 0.315 e. The predicted octanol–water partition coefficient (Wildman–Crippen LogP) is 0.404. The normalized spacial score (nSPS) is 14.1. The van der Waals surface area contributed by atoms with Crippen LogP contribution < -0.4 is 16.0 Å². The molecule has 2 aromatic rings. The maximum absolute atomic E-state index is 12.5. The lowest BCUT2D eigenvalue weighted by Gasteiger charge is -2.31. The molecule has 0 atom stereocenters. The van der Waals surface area contributed by atoms with E-state index in [2.05, 4.69) is 30.8 Å². The van der Waals surface area contributed by atoms with Crippen LogP contribution >= 0.6 is 0 Å². The Kier molecular flexibility index (Phi) is 7.50. The van der Waals surface area contributed by atoms with E-state index < -0.39 is 11.8 Å². The summed E-state index contributed by atoms with van der Waals surface area (Å²) in [4.78, 5) is 48.6. The van der Waals surface area contributed by atoms with E-state index in [1.807, 2.05) is 37.4 Å². The zero-order valence-corrected chi connectivity index (χ0v) is 17.7. The summed E-state index contributed by atoms with van der Waals surface area (Å²) in [7, 11) is 1.98. The van der Waals surface area contributed by atoms with Crippen LogP contribution in [0.4, 0.5) is 11.6 Å². The molecule has 164 valence electrons. The van der Waals surface area contributed by atoms with Crippen molar-refractivity contribution in [2.24, 2.45) is 0 Å². The van der Waals surface area contributed by atoms with E-state index in [0.29, 0.717) is 37.8 Å². The molecule has 3 amide bonds. The Hall–Kier alpha value is -3.53. The number of rotatable bonds is 6. The van der Waals surface area contributed by atoms with Crippen molar-refractivity contribution in [1.82, 2.24) is 25.1 Å². The summed E-state index contributed by atoms with van der Waals surface area (Å²) in [5.41, 5.74) is 0.772. The summed E-state index contributed by atoms with van der Waals surface area (Å²) >= 11 is 0. The molecular weight excluding hydrogens is 398 g/mol. The summed E-state index contributed by atoms with van der Waals surface area (Å²) in [6.45, 7) is 4.79. The molecule has 3 N–H and O–H groups in total. The van der Waals surface area contributed by atoms with E-state index in [-0.39, 0.29) is 11.7 Å². The SMILES string of the molecule is CC(=O)NCCNc1cc(NC(=O)C(=O)N2CCN(C)CC2)nc(-c2ccccc2)n1. The monoisotopic (exact) mass is 425 g/mol. The highest BCUT2D eigenvalue weighted by molar-refractivity contribution is 6.39. The third kappa shape index (κ3) is 6.48. The van der Waals surface area contributed by atoms with Crippen molar-refractivity contribution in [3.63, 3.8) is 0 Å². The lowest BCUT2D eigenvalue weighted by Crippen LogP contribution is -2.50. The second-order valence-electron chi connectivity index (χ2n) is 7.29. The molecule has 0 unspecified atom stereocenters. The average molecular weight is 425 g/mol. The number of carbonyl (C=O) groups is 3. The average Bonchev–Trinajstić information content (AvgIpc) is 2.77. The van der Waals surface area contributed by atoms with Crippen molar-refractivity contribution in [3.05, 3.63) is 36.4 Å². The van der Waals surface area contributed by atoms with E-state index in [1.165, 1.54) is 6.92 Å². The predicted molar refractivity (Wildman–Crippen MR) is 117 cm³/mol. The molecule has 10 nitrogen and oxygen atoms in total. The Balaban J connectivity index is 1.74. The Morgan fingerprint density at radius 2 is 1.65 bits per heavy atom. The quantitative estimate of drug-likeness (QED) is 0.453. The van der Waals surface area contributed by atoms with Gasteiger partial charge in [0, 0.05) is 57.8 Å². The molecule has 1 aromatic carbocycles. The summed E-state index contributed by atoms with van der Waals surface area (Å²) in [6, 6.07) is 10.9. The van der Waals surface area contributed by atoms with Crippen LogP contribution in [0.5, 0.6) is 0 Å². The van der Waals surface area contributed by atoms with Crippen LogP contribution in [-0.4, -0.2) is 83.8 Å². The number of hydrogen-bond donors (Lipinski definition) is 3. The van der Waals surface area contributed by atoms with Crippen molar-refractivity contribution < 1.29 is 14.4 Å². The number of aromatic nitrogens is 2. The Morgan fingerprint density at radius 3 is 2.32 bits per heavy atom. The number of piperazine rings is 1. The van der Waals surface area contributed by atoms with Crippen molar-refractivity contribution in [3.8, 4) is 11.4 Å². The summed E-state index contributed by atoms with van der Waals surface area (Å²) in [5.74, 6) is -0.318. The largest absolute Gasteiger partial charge is 0.368 e. The molecule has 0 radical (unpaired) electrons. The van der Waals surface area contributed by atoms with Gasteiger partial charge < -0.3 is 25.8 Å². The molecule has 10 heteroatoms. The van der Waals surface area contributed by atoms with Gasteiger partial charge in [-0.2, -0.15) is 0 Å². The second-order valence-corrected chi connectivity index (χ2v) is 7.29. The maximum Gasteiger partial charge on any atom is 0.315 e. The summed E-state index contributed by atoms with van der Waals surface area (Å²) in [5, 5.41) is 8.40. The molecule has 0 bridgehead atoms. The van der Waals surface area contributed by atoms with Gasteiger partial charge in [0.05, 0.1) is 0 Å². The maximum atomic E-state index is 12.5. The summed E-state index contributed by atoms with van der Waals surface area (Å²) < 4.78 is 0. The first-order chi connectivity index (χ1) is 14.9. The zero-order valence-electron chi connectivity index (χ0n) is 17.7. The summed E-state index contributed by atoms with van der Waals surface area (Å²) in [6.07, 6.45) is 0. The number of carbonyl (C=O) groups excluding carboxylic acids is 3. The van der Waals surface area contributed by atoms with Gasteiger partial charge in [0.1, 0.15) is 11.6 Å². The first-order valence-electron chi connectivity index (χ1n) is 10.1. The highest BCUT2D eigenvalue weighted by Gasteiger charge is 2.25. The molecule has 0 aliphatic carbocycles. The van der Waals surface area contributed by atoms with Crippen LogP contribution in [0.2, 0.25) is 0 Å². The molecule has 1 aromatic heterocycles. The van der Waals surface area contributed by atoms with Gasteiger partial charge in [0.25, 0.3) is 0 Å². The Morgan fingerprint density at radius 1 is 0.968 bits per heavy atom. The topological polar surface area (TPSA) is 120 Å². The van der Waals surface area contributed by atoms with Crippen LogP contribution in [0.1, 0.15) is 6.92 Å². The van der Waals surface area contributed by atoms with Gasteiger partial charge >= 0.3 is 11.8 Å². The first-order valence-corrected chi connectivity index (χ1v) is 10.1. The zero-order chi connectivity index (χ0) is 22.2. The number of nitrogens with zero attached hydrogens (tertiary/aromatic N) is 4. The third-order valence-electron chi connectivity index (χ3n) is 4.79. The fourth-order valence-corrected chi connectivity index (χ4v) is 3.07. The highest BCUT2D eigenvalue weighted by atomic mass is 16.2. The molecule has 3 rings (SSSR count). The van der Waals surface area contributed by atoms with Crippen molar-refractivity contribution in [2.45, 2.75) is 6.92 Å². The van der Waals surface area contributed by atoms with E-state index in [4.69, 9.17) is 0 Å². The molecule has 0 saturated carbocycles. The standard InChI is InChI=1S/C21H27N7O3/c1-15(29)22-8-9-23-17-14-18(25-19(24-17)16-6-4-3-5-7-16)26-20(30)21(31)28-12-10-27(2)11-13-28/h3-7,14H,8-13H2,1-2H3,(H,22,29)(H2,23,24,25,26,30). The van der Waals surface area contributed by atoms with E-state index in [0.717, 1.165) is 18.7 Å². The second kappa shape index (κ2) is 10.5. The van der Waals surface area contributed by atoms with Gasteiger partial charge in [0.2, 0.25) is 5.91 Å². The number of nitrogens with one attached hydrogen (secondary N) is 3. The molecule has 1 aliphatic rings. The van der Waals surface area contributed by atoms with Gasteiger partial charge in [0.15, 0.2) is 5.82 Å². The Bertz CT molecular complexity index is 928. The number of anilines is 2. The molecule has 31 heavy (non-hydrogen) atoms. The minimum Gasteiger partial charge on any atom is -0.368 e. The van der Waals surface area contributed by atoms with Crippen LogP contribution in [0.25, 0.3) is 11.4 Å². The number of likely N-dealkylation sites (N-methyl/N-ethyl adjacent to an activating group) is 1. The minimum absolute atomic E-state index is 0.121. The molecule has 2 heterocycles. The third-order valence-corrected chi connectivity index (χ3v) is 4.79. The molecule has 1 saturated heterocycles. The number of amides is 3. The van der Waals surface area contributed by atoms with E-state index >= 15 is 0 Å². The van der Waals surface area contributed by atoms with Crippen LogP contribution in [-0.2, 0) is 14.4 Å². The van der Waals surface area contributed by atoms with Crippen LogP contribution in [0, 0.1) is 0 Å². The van der Waals surface area contributed by atoms with Gasteiger partial charge in [-0.25, -0.2) is 9.97 Å². The minimum atomic E-state index is -0.730. The van der Waals surface area contributed by atoms with Gasteiger partial charge in [-0.15, -0.1) is 0 Å². The van der Waals surface area contributed by atoms with E-state index in [1.54, 1.807) is 11.0 Å². The highest BCUT2D eigenvalue weighted by Crippen LogP contribution is 2.20. The van der Waals surface area contributed by atoms with E-state index in [9.17, 15) is 14.4 Å². The van der Waals surface area contributed by atoms with Crippen LogP contribution in [0.3, 0.4) is 0 Å².